The van der Waals surface area contributed by atoms with Crippen molar-refractivity contribution in [3.05, 3.63) is 72.4 Å². The second kappa shape index (κ2) is 10.2. The van der Waals surface area contributed by atoms with Crippen molar-refractivity contribution in [2.45, 2.75) is 31.8 Å². The lowest BCUT2D eigenvalue weighted by Gasteiger charge is -2.34. The average molecular weight is 434 g/mol. The number of likely N-dealkylation sites (tertiary alicyclic amines) is 1. The molecule has 1 aliphatic heterocycles. The van der Waals surface area contributed by atoms with E-state index in [2.05, 4.69) is 15.2 Å². The molecule has 0 radical (unpaired) electrons. The number of ether oxygens (including phenoxy) is 2. The number of phenols is 1. The number of pyridine rings is 1. The molecule has 0 aliphatic carbocycles. The number of amides is 1. The van der Waals surface area contributed by atoms with Gasteiger partial charge in [0.2, 0.25) is 11.8 Å². The van der Waals surface area contributed by atoms with Crippen LogP contribution in [0.5, 0.6) is 23.1 Å². The number of benzene rings is 2. The number of nitrogens with zero attached hydrogens (tertiary/aromatic N) is 2. The Balaban J connectivity index is 1.39. The first-order chi connectivity index (χ1) is 15.6. The fourth-order valence-electron chi connectivity index (χ4n) is 3.90. The summed E-state index contributed by atoms with van der Waals surface area (Å²) in [6.45, 7) is 1.41. The zero-order valence-electron chi connectivity index (χ0n) is 18.0. The van der Waals surface area contributed by atoms with E-state index in [1.165, 1.54) is 7.11 Å². The van der Waals surface area contributed by atoms with Gasteiger partial charge in [-0.25, -0.2) is 4.98 Å². The first-order valence-corrected chi connectivity index (χ1v) is 10.7. The van der Waals surface area contributed by atoms with Gasteiger partial charge in [0.15, 0.2) is 11.5 Å². The van der Waals surface area contributed by atoms with Crippen molar-refractivity contribution in [3.8, 4) is 23.1 Å². The third-order valence-corrected chi connectivity index (χ3v) is 5.51. The fourth-order valence-corrected chi connectivity index (χ4v) is 3.90. The lowest BCUT2D eigenvalue weighted by atomic mass is 10.00. The molecule has 0 saturated carbocycles. The maximum atomic E-state index is 13.0. The van der Waals surface area contributed by atoms with Gasteiger partial charge in [-0.3, -0.25) is 9.69 Å². The van der Waals surface area contributed by atoms with Crippen molar-refractivity contribution < 1.29 is 19.4 Å². The Kier molecular flexibility index (Phi) is 6.87. The highest BCUT2D eigenvalue weighted by molar-refractivity contribution is 5.94. The molecule has 3 aromatic rings. The zero-order chi connectivity index (χ0) is 22.3. The molecule has 1 saturated heterocycles. The summed E-state index contributed by atoms with van der Waals surface area (Å²) in [7, 11) is 1.52. The summed E-state index contributed by atoms with van der Waals surface area (Å²) in [4.78, 5) is 19.5. The molecule has 0 bridgehead atoms. The van der Waals surface area contributed by atoms with E-state index in [-0.39, 0.29) is 17.7 Å². The number of aromatic hydroxyl groups is 1. The number of phenolic OH excluding ortho intramolecular Hbond substituents is 1. The molecule has 1 aliphatic rings. The standard InChI is InChI=1S/C25H27N3O4/c1-31-23-12-10-18(15-22(23)29)17-28-14-6-5-9-21(28)25(30)27-19-11-13-24(26-16-19)32-20-7-3-2-4-8-20/h2-4,7-8,10-13,15-16,21,29H,5-6,9,14,17H2,1H3,(H,27,30)/t21-/m0/s1. The summed E-state index contributed by atoms with van der Waals surface area (Å²) in [6.07, 6.45) is 4.44. The number of rotatable bonds is 7. The van der Waals surface area contributed by atoms with Gasteiger partial charge in [-0.2, -0.15) is 0 Å². The highest BCUT2D eigenvalue weighted by Gasteiger charge is 2.29. The Labute approximate surface area is 187 Å². The fraction of sp³-hybridized carbons (Fsp3) is 0.280. The molecule has 1 atom stereocenters. The molecule has 1 fully saturated rings. The van der Waals surface area contributed by atoms with Crippen molar-refractivity contribution in [3.63, 3.8) is 0 Å². The van der Waals surface area contributed by atoms with Crippen molar-refractivity contribution in [1.82, 2.24) is 9.88 Å². The zero-order valence-corrected chi connectivity index (χ0v) is 18.0. The van der Waals surface area contributed by atoms with Crippen LogP contribution in [0.2, 0.25) is 0 Å². The lowest BCUT2D eigenvalue weighted by molar-refractivity contribution is -0.122. The number of hydrogen-bond acceptors (Lipinski definition) is 6. The van der Waals surface area contributed by atoms with Crippen LogP contribution >= 0.6 is 0 Å². The normalized spacial score (nSPS) is 16.3. The SMILES string of the molecule is COc1ccc(CN2CCCC[C@H]2C(=O)Nc2ccc(Oc3ccccc3)nc2)cc1O. The largest absolute Gasteiger partial charge is 0.504 e. The highest BCUT2D eigenvalue weighted by atomic mass is 16.5. The van der Waals surface area contributed by atoms with Crippen LogP contribution in [0.25, 0.3) is 0 Å². The van der Waals surface area contributed by atoms with Crippen LogP contribution in [-0.4, -0.2) is 40.6 Å². The molecule has 0 spiro atoms. The van der Waals surface area contributed by atoms with Gasteiger partial charge in [-0.05, 0) is 55.3 Å². The smallest absolute Gasteiger partial charge is 0.241 e. The number of carbonyl (C=O) groups is 1. The van der Waals surface area contributed by atoms with Gasteiger partial charge in [0, 0.05) is 12.6 Å². The van der Waals surface area contributed by atoms with Crippen molar-refractivity contribution in [2.24, 2.45) is 0 Å². The van der Waals surface area contributed by atoms with Crippen LogP contribution in [0.15, 0.2) is 66.9 Å². The number of hydrogen-bond donors (Lipinski definition) is 2. The van der Waals surface area contributed by atoms with Gasteiger partial charge < -0.3 is 19.9 Å². The number of nitrogens with one attached hydrogen (secondary N) is 1. The molecule has 2 N–H and O–H groups in total. The van der Waals surface area contributed by atoms with Crippen molar-refractivity contribution in [2.75, 3.05) is 19.0 Å². The maximum absolute atomic E-state index is 13.0. The van der Waals surface area contributed by atoms with Crippen LogP contribution in [0, 0.1) is 0 Å². The third-order valence-electron chi connectivity index (χ3n) is 5.51. The minimum absolute atomic E-state index is 0.0547. The van der Waals surface area contributed by atoms with Crippen LogP contribution < -0.4 is 14.8 Å². The molecule has 166 valence electrons. The summed E-state index contributed by atoms with van der Waals surface area (Å²) in [6, 6.07) is 18.1. The van der Waals surface area contributed by atoms with Crippen LogP contribution in [0.4, 0.5) is 5.69 Å². The number of para-hydroxylation sites is 1. The van der Waals surface area contributed by atoms with E-state index in [0.29, 0.717) is 29.6 Å². The van der Waals surface area contributed by atoms with Crippen molar-refractivity contribution >= 4 is 11.6 Å². The number of carbonyl (C=O) groups excluding carboxylic acids is 1. The Hall–Kier alpha value is -3.58. The number of anilines is 1. The Morgan fingerprint density at radius 3 is 2.72 bits per heavy atom. The van der Waals surface area contributed by atoms with Crippen molar-refractivity contribution in [1.29, 1.82) is 0 Å². The first kappa shape index (κ1) is 21.6. The molecular weight excluding hydrogens is 406 g/mol. The van der Waals surface area contributed by atoms with Crippen LogP contribution in [0.3, 0.4) is 0 Å². The van der Waals surface area contributed by atoms with Gasteiger partial charge in [0.25, 0.3) is 0 Å². The molecule has 7 heteroatoms. The van der Waals surface area contributed by atoms with Crippen LogP contribution in [0.1, 0.15) is 24.8 Å². The van der Waals surface area contributed by atoms with Gasteiger partial charge in [-0.15, -0.1) is 0 Å². The minimum atomic E-state index is -0.242. The monoisotopic (exact) mass is 433 g/mol. The van der Waals surface area contributed by atoms with Gasteiger partial charge in [-0.1, -0.05) is 30.7 Å². The maximum Gasteiger partial charge on any atom is 0.241 e. The molecule has 2 aromatic carbocycles. The molecular formula is C25H27N3O4. The van der Waals surface area contributed by atoms with E-state index in [1.54, 1.807) is 30.5 Å². The Morgan fingerprint density at radius 2 is 2.00 bits per heavy atom. The summed E-state index contributed by atoms with van der Waals surface area (Å²) >= 11 is 0. The van der Waals surface area contributed by atoms with E-state index < -0.39 is 0 Å². The second-order valence-corrected chi connectivity index (χ2v) is 7.78. The molecule has 1 aromatic heterocycles. The number of piperidine rings is 1. The summed E-state index contributed by atoms with van der Waals surface area (Å²) in [5.41, 5.74) is 1.56. The summed E-state index contributed by atoms with van der Waals surface area (Å²) < 4.78 is 10.8. The molecule has 4 rings (SSSR count). The summed E-state index contributed by atoms with van der Waals surface area (Å²) in [5.74, 6) is 1.66. The van der Waals surface area contributed by atoms with Crippen LogP contribution in [-0.2, 0) is 11.3 Å². The first-order valence-electron chi connectivity index (χ1n) is 10.7. The van der Waals surface area contributed by atoms with E-state index in [1.807, 2.05) is 36.4 Å². The predicted octanol–water partition coefficient (Wildman–Crippen LogP) is 4.58. The van der Waals surface area contributed by atoms with Gasteiger partial charge >= 0.3 is 0 Å². The number of methoxy groups -OCH3 is 1. The van der Waals surface area contributed by atoms with E-state index in [4.69, 9.17) is 9.47 Å². The van der Waals surface area contributed by atoms with E-state index in [9.17, 15) is 9.90 Å². The average Bonchev–Trinajstić information content (AvgIpc) is 2.81. The van der Waals surface area contributed by atoms with Gasteiger partial charge in [0.05, 0.1) is 25.0 Å². The molecule has 1 amide bonds. The Bertz CT molecular complexity index is 1040. The Morgan fingerprint density at radius 1 is 1.16 bits per heavy atom. The summed E-state index contributed by atoms with van der Waals surface area (Å²) in [5, 5.41) is 13.0. The lowest BCUT2D eigenvalue weighted by Crippen LogP contribution is -2.46. The predicted molar refractivity (Wildman–Crippen MR) is 122 cm³/mol. The molecule has 0 unspecified atom stereocenters. The van der Waals surface area contributed by atoms with E-state index >= 15 is 0 Å². The molecule has 32 heavy (non-hydrogen) atoms. The van der Waals surface area contributed by atoms with Gasteiger partial charge in [0.1, 0.15) is 5.75 Å². The molecule has 2 heterocycles. The number of aromatic nitrogens is 1. The minimum Gasteiger partial charge on any atom is -0.504 e. The second-order valence-electron chi connectivity index (χ2n) is 7.78. The van der Waals surface area contributed by atoms with E-state index in [0.717, 1.165) is 31.4 Å². The topological polar surface area (TPSA) is 83.9 Å². The highest BCUT2D eigenvalue weighted by Crippen LogP contribution is 2.28. The molecule has 7 nitrogen and oxygen atoms in total. The quantitative estimate of drug-likeness (QED) is 0.567. The third kappa shape index (κ3) is 5.36.